The van der Waals surface area contributed by atoms with Crippen molar-refractivity contribution < 1.29 is 22.9 Å². The number of sulfonamides is 1. The molecule has 0 aliphatic carbocycles. The molecule has 1 aliphatic rings. The molecule has 0 saturated carbocycles. The lowest BCUT2D eigenvalue weighted by molar-refractivity contribution is -0.386. The lowest BCUT2D eigenvalue weighted by Crippen LogP contribution is -2.28. The number of anilines is 1. The SMILES string of the molecule is O=C(COc1ccc(S(=O)(=O)N2CCCC2)cc1[N+](=O)[O-])Nc1ccc2ccccc2c1. The van der Waals surface area contributed by atoms with Gasteiger partial charge in [0.15, 0.2) is 12.4 Å². The van der Waals surface area contributed by atoms with Gasteiger partial charge >= 0.3 is 5.69 Å². The molecule has 0 atom stereocenters. The van der Waals surface area contributed by atoms with Gasteiger partial charge in [-0.3, -0.25) is 14.9 Å². The van der Waals surface area contributed by atoms with Crippen LogP contribution in [0.3, 0.4) is 0 Å². The number of rotatable bonds is 7. The highest BCUT2D eigenvalue weighted by Crippen LogP contribution is 2.32. The van der Waals surface area contributed by atoms with Gasteiger partial charge in [0.1, 0.15) is 0 Å². The third-order valence-corrected chi connectivity index (χ3v) is 7.12. The second kappa shape index (κ2) is 8.93. The largest absolute Gasteiger partial charge is 0.477 e. The third kappa shape index (κ3) is 4.56. The minimum Gasteiger partial charge on any atom is -0.477 e. The maximum atomic E-state index is 12.7. The monoisotopic (exact) mass is 455 g/mol. The van der Waals surface area contributed by atoms with E-state index in [4.69, 9.17) is 4.74 Å². The molecule has 32 heavy (non-hydrogen) atoms. The molecule has 166 valence electrons. The van der Waals surface area contributed by atoms with Gasteiger partial charge in [0, 0.05) is 24.8 Å². The molecule has 0 spiro atoms. The van der Waals surface area contributed by atoms with Crippen LogP contribution in [0.15, 0.2) is 65.6 Å². The van der Waals surface area contributed by atoms with Crippen molar-refractivity contribution in [2.45, 2.75) is 17.7 Å². The smallest absolute Gasteiger partial charge is 0.312 e. The first-order valence-corrected chi connectivity index (χ1v) is 11.5. The number of nitrogens with zero attached hydrogens (tertiary/aromatic N) is 2. The van der Waals surface area contributed by atoms with Crippen LogP contribution in [0.4, 0.5) is 11.4 Å². The molecule has 10 heteroatoms. The first-order valence-electron chi connectivity index (χ1n) is 10.0. The van der Waals surface area contributed by atoms with Crippen LogP contribution in [0.5, 0.6) is 5.75 Å². The van der Waals surface area contributed by atoms with Gasteiger partial charge < -0.3 is 10.1 Å². The molecular weight excluding hydrogens is 434 g/mol. The zero-order valence-electron chi connectivity index (χ0n) is 17.1. The van der Waals surface area contributed by atoms with Gasteiger partial charge in [0.25, 0.3) is 5.91 Å². The number of fused-ring (bicyclic) bond motifs is 1. The first kappa shape index (κ1) is 21.7. The van der Waals surface area contributed by atoms with E-state index in [0.29, 0.717) is 18.8 Å². The highest BCUT2D eigenvalue weighted by molar-refractivity contribution is 7.89. The molecule has 3 aromatic rings. The van der Waals surface area contributed by atoms with Crippen LogP contribution in [0.25, 0.3) is 10.8 Å². The molecule has 1 heterocycles. The summed E-state index contributed by atoms with van der Waals surface area (Å²) < 4.78 is 32.0. The minimum absolute atomic E-state index is 0.168. The molecule has 4 rings (SSSR count). The Balaban J connectivity index is 1.47. The summed E-state index contributed by atoms with van der Waals surface area (Å²) >= 11 is 0. The summed E-state index contributed by atoms with van der Waals surface area (Å²) in [6.45, 7) is 0.318. The second-order valence-corrected chi connectivity index (χ2v) is 9.33. The van der Waals surface area contributed by atoms with Crippen LogP contribution in [0, 0.1) is 10.1 Å². The summed E-state index contributed by atoms with van der Waals surface area (Å²) in [6, 6.07) is 16.6. The minimum atomic E-state index is -3.81. The zero-order chi connectivity index (χ0) is 22.7. The molecule has 9 nitrogen and oxygen atoms in total. The van der Waals surface area contributed by atoms with Gasteiger partial charge in [-0.15, -0.1) is 0 Å². The zero-order valence-corrected chi connectivity index (χ0v) is 17.9. The average Bonchev–Trinajstić information content (AvgIpc) is 3.33. The van der Waals surface area contributed by atoms with Crippen molar-refractivity contribution in [3.05, 3.63) is 70.8 Å². The highest BCUT2D eigenvalue weighted by Gasteiger charge is 2.30. The molecule has 0 radical (unpaired) electrons. The van der Waals surface area contributed by atoms with Gasteiger partial charge in [0.2, 0.25) is 10.0 Å². The summed E-state index contributed by atoms with van der Waals surface area (Å²) in [5.41, 5.74) is 0.0580. The number of carbonyl (C=O) groups is 1. The van der Waals surface area contributed by atoms with Crippen LogP contribution < -0.4 is 10.1 Å². The molecule has 1 N–H and O–H groups in total. The van der Waals surface area contributed by atoms with Crippen molar-refractivity contribution in [1.29, 1.82) is 0 Å². The molecule has 1 aliphatic heterocycles. The number of nitrogens with one attached hydrogen (secondary N) is 1. The predicted octanol–water partition coefficient (Wildman–Crippen LogP) is 3.55. The third-order valence-electron chi connectivity index (χ3n) is 5.22. The average molecular weight is 455 g/mol. The van der Waals surface area contributed by atoms with Crippen LogP contribution in [0.2, 0.25) is 0 Å². The molecule has 0 unspecified atom stereocenters. The fourth-order valence-electron chi connectivity index (χ4n) is 3.61. The van der Waals surface area contributed by atoms with E-state index in [2.05, 4.69) is 5.32 Å². The first-order chi connectivity index (χ1) is 15.3. The van der Waals surface area contributed by atoms with E-state index < -0.39 is 33.1 Å². The van der Waals surface area contributed by atoms with E-state index >= 15 is 0 Å². The van der Waals surface area contributed by atoms with Crippen LogP contribution >= 0.6 is 0 Å². The van der Waals surface area contributed by atoms with Crippen molar-refractivity contribution in [1.82, 2.24) is 4.31 Å². The normalized spacial score (nSPS) is 14.4. The maximum Gasteiger partial charge on any atom is 0.312 e. The van der Waals surface area contributed by atoms with Crippen molar-refractivity contribution in [3.8, 4) is 5.75 Å². The van der Waals surface area contributed by atoms with Gasteiger partial charge in [0.05, 0.1) is 9.82 Å². The van der Waals surface area contributed by atoms with E-state index in [1.807, 2.05) is 36.4 Å². The Morgan fingerprint density at radius 1 is 1.03 bits per heavy atom. The Labute approximate surface area is 184 Å². The molecule has 3 aromatic carbocycles. The molecular formula is C22H21N3O6S. The van der Waals surface area contributed by atoms with Crippen molar-refractivity contribution in [3.63, 3.8) is 0 Å². The summed E-state index contributed by atoms with van der Waals surface area (Å²) in [5, 5.41) is 16.2. The Kier molecular flexibility index (Phi) is 6.06. The van der Waals surface area contributed by atoms with E-state index in [-0.39, 0.29) is 10.6 Å². The quantitative estimate of drug-likeness (QED) is 0.430. The van der Waals surface area contributed by atoms with Gasteiger partial charge in [-0.2, -0.15) is 4.31 Å². The molecule has 1 fully saturated rings. The number of amides is 1. The van der Waals surface area contributed by atoms with Crippen LogP contribution in [0.1, 0.15) is 12.8 Å². The summed E-state index contributed by atoms with van der Waals surface area (Å²) in [5.74, 6) is -0.674. The topological polar surface area (TPSA) is 119 Å². The summed E-state index contributed by atoms with van der Waals surface area (Å²) in [6.07, 6.45) is 1.52. The second-order valence-electron chi connectivity index (χ2n) is 7.40. The van der Waals surface area contributed by atoms with Gasteiger partial charge in [-0.05, 0) is 47.9 Å². The fourth-order valence-corrected chi connectivity index (χ4v) is 5.14. The molecule has 1 saturated heterocycles. The number of nitro benzene ring substituents is 1. The van der Waals surface area contributed by atoms with E-state index in [1.165, 1.54) is 16.4 Å². The fraction of sp³-hybridized carbons (Fsp3) is 0.227. The molecule has 0 aromatic heterocycles. The van der Waals surface area contributed by atoms with Crippen molar-refractivity contribution in [2.75, 3.05) is 25.0 Å². The maximum absolute atomic E-state index is 12.7. The summed E-state index contributed by atoms with van der Waals surface area (Å²) in [4.78, 5) is 22.9. The van der Waals surface area contributed by atoms with Crippen LogP contribution in [-0.4, -0.2) is 43.2 Å². The van der Waals surface area contributed by atoms with Crippen molar-refractivity contribution >= 4 is 38.1 Å². The highest BCUT2D eigenvalue weighted by atomic mass is 32.2. The predicted molar refractivity (Wildman–Crippen MR) is 119 cm³/mol. The number of carbonyl (C=O) groups excluding carboxylic acids is 1. The lowest BCUT2D eigenvalue weighted by atomic mass is 10.1. The Morgan fingerprint density at radius 3 is 2.47 bits per heavy atom. The Hall–Kier alpha value is -3.50. The number of benzene rings is 3. The van der Waals surface area contributed by atoms with Crippen LogP contribution in [-0.2, 0) is 14.8 Å². The van der Waals surface area contributed by atoms with E-state index in [1.54, 1.807) is 6.07 Å². The number of ether oxygens (including phenoxy) is 1. The number of hydrogen-bond donors (Lipinski definition) is 1. The molecule has 1 amide bonds. The number of hydrogen-bond acceptors (Lipinski definition) is 6. The Morgan fingerprint density at radius 2 is 1.75 bits per heavy atom. The van der Waals surface area contributed by atoms with Gasteiger partial charge in [-0.25, -0.2) is 8.42 Å². The Bertz CT molecular complexity index is 1290. The lowest BCUT2D eigenvalue weighted by Gasteiger charge is -2.16. The van der Waals surface area contributed by atoms with E-state index in [0.717, 1.165) is 29.7 Å². The van der Waals surface area contributed by atoms with E-state index in [9.17, 15) is 23.3 Å². The standard InChI is InChI=1S/C22H21N3O6S/c26-22(23-18-8-7-16-5-1-2-6-17(16)13-18)15-31-21-10-9-19(14-20(21)25(27)28)32(29,30)24-11-3-4-12-24/h1-2,5-10,13-14H,3-4,11-12,15H2,(H,23,26). The van der Waals surface area contributed by atoms with Crippen molar-refractivity contribution in [2.24, 2.45) is 0 Å². The summed E-state index contributed by atoms with van der Waals surface area (Å²) in [7, 11) is -3.81. The number of nitro groups is 1. The van der Waals surface area contributed by atoms with Gasteiger partial charge in [-0.1, -0.05) is 30.3 Å². The molecule has 0 bridgehead atoms.